The molecule has 0 radical (unpaired) electrons. The van der Waals surface area contributed by atoms with Crippen LogP contribution in [-0.4, -0.2) is 57.4 Å². The van der Waals surface area contributed by atoms with Crippen LogP contribution in [0.2, 0.25) is 0 Å². The van der Waals surface area contributed by atoms with Crippen molar-refractivity contribution in [1.29, 1.82) is 0 Å². The lowest BCUT2D eigenvalue weighted by molar-refractivity contribution is -0.125. The molecule has 0 aliphatic carbocycles. The number of carbonyl (C=O) groups is 1. The fourth-order valence-electron chi connectivity index (χ4n) is 5.08. The number of rotatable bonds is 11. The van der Waals surface area contributed by atoms with E-state index in [1.54, 1.807) is 43.3 Å². The van der Waals surface area contributed by atoms with Crippen LogP contribution in [0.1, 0.15) is 46.1 Å². The number of aromatic nitrogens is 4. The van der Waals surface area contributed by atoms with Crippen LogP contribution < -0.4 is 17.0 Å². The van der Waals surface area contributed by atoms with Crippen molar-refractivity contribution in [3.05, 3.63) is 80.5 Å². The van der Waals surface area contributed by atoms with Crippen molar-refractivity contribution in [3.63, 3.8) is 0 Å². The summed E-state index contributed by atoms with van der Waals surface area (Å²) in [5, 5.41) is 5.34. The smallest absolute Gasteiger partial charge is 0.333 e. The molecule has 226 valence electrons. The van der Waals surface area contributed by atoms with Gasteiger partial charge in [0.2, 0.25) is 5.91 Å². The predicted molar refractivity (Wildman–Crippen MR) is 163 cm³/mol. The lowest BCUT2D eigenvalue weighted by Gasteiger charge is -2.30. The molecular weight excluding hydrogens is 558 g/mol. The Labute approximate surface area is 248 Å². The van der Waals surface area contributed by atoms with Gasteiger partial charge in [0.05, 0.1) is 25.1 Å². The number of thiophene rings is 1. The zero-order valence-electron chi connectivity index (χ0n) is 25.0. The highest BCUT2D eigenvalue weighted by Crippen LogP contribution is 2.32. The third-order valence-electron chi connectivity index (χ3n) is 7.42. The zero-order valence-corrected chi connectivity index (χ0v) is 25.8. The molecule has 42 heavy (non-hydrogen) atoms. The summed E-state index contributed by atoms with van der Waals surface area (Å²) >= 11 is 1.27. The molecule has 2 N–H and O–H groups in total. The number of aryl methyl sites for hydroxylation is 1. The number of nitrogens with zero attached hydrogens (tertiary/aromatic N) is 4. The van der Waals surface area contributed by atoms with Crippen molar-refractivity contribution in [2.24, 2.45) is 5.73 Å². The Balaban J connectivity index is 2.05. The topological polar surface area (TPSA) is 133 Å². The van der Waals surface area contributed by atoms with E-state index in [-0.39, 0.29) is 12.6 Å². The Morgan fingerprint density at radius 3 is 2.55 bits per heavy atom. The van der Waals surface area contributed by atoms with E-state index in [9.17, 15) is 14.4 Å². The van der Waals surface area contributed by atoms with Gasteiger partial charge in [0.1, 0.15) is 27.2 Å². The van der Waals surface area contributed by atoms with E-state index in [2.05, 4.69) is 11.7 Å². The molecule has 12 heteroatoms. The van der Waals surface area contributed by atoms with E-state index in [1.165, 1.54) is 29.8 Å². The normalized spacial score (nSPS) is 15.8. The maximum absolute atomic E-state index is 14.3. The highest BCUT2D eigenvalue weighted by atomic mass is 32.1. The van der Waals surface area contributed by atoms with Gasteiger partial charge in [-0.1, -0.05) is 29.6 Å². The minimum absolute atomic E-state index is 0.0279. The second-order valence-corrected chi connectivity index (χ2v) is 12.0. The lowest BCUT2D eigenvalue weighted by Crippen LogP contribution is -2.55. The molecule has 1 aliphatic rings. The van der Waals surface area contributed by atoms with Gasteiger partial charge >= 0.3 is 5.69 Å². The number of hydrogen-bond donors (Lipinski definition) is 1. The Kier molecular flexibility index (Phi) is 9.39. The maximum atomic E-state index is 14.3. The molecule has 3 aromatic heterocycles. The average molecular weight is 598 g/mol. The molecule has 0 spiro atoms. The second-order valence-electron chi connectivity index (χ2n) is 11.0. The highest BCUT2D eigenvalue weighted by molar-refractivity contribution is 7.21. The molecule has 0 bridgehead atoms. The van der Waals surface area contributed by atoms with Gasteiger partial charge in [0.15, 0.2) is 0 Å². The first kappa shape index (κ1) is 31.2. The number of amides is 1. The molecule has 11 nitrogen and oxygen atoms in total. The van der Waals surface area contributed by atoms with E-state index < -0.39 is 28.8 Å². The van der Waals surface area contributed by atoms with Gasteiger partial charge in [0.25, 0.3) is 5.56 Å². The van der Waals surface area contributed by atoms with E-state index in [0.29, 0.717) is 58.2 Å². The van der Waals surface area contributed by atoms with Crippen molar-refractivity contribution in [2.45, 2.75) is 71.8 Å². The molecule has 3 aromatic rings. The van der Waals surface area contributed by atoms with Crippen molar-refractivity contribution in [2.75, 3.05) is 20.3 Å². The first-order valence-electron chi connectivity index (χ1n) is 13.8. The first-order valence-corrected chi connectivity index (χ1v) is 14.6. The molecule has 1 amide bonds. The van der Waals surface area contributed by atoms with Crippen LogP contribution in [-0.2, 0) is 31.1 Å². The molecule has 4 rings (SSSR count). The second kappa shape index (κ2) is 12.6. The van der Waals surface area contributed by atoms with Crippen LogP contribution in [0.4, 0.5) is 0 Å². The average Bonchev–Trinajstić information content (AvgIpc) is 3.59. The van der Waals surface area contributed by atoms with Gasteiger partial charge in [-0.05, 0) is 59.6 Å². The molecule has 4 heterocycles. The fraction of sp³-hybridized carbons (Fsp3) is 0.467. The monoisotopic (exact) mass is 597 g/mol. The minimum Gasteiger partial charge on any atom is -0.496 e. The largest absolute Gasteiger partial charge is 0.496 e. The van der Waals surface area contributed by atoms with Crippen LogP contribution in [0.15, 0.2) is 63.7 Å². The Hall–Kier alpha value is -3.74. The number of ether oxygens (including phenoxy) is 3. The zero-order chi connectivity index (χ0) is 30.8. The van der Waals surface area contributed by atoms with Crippen molar-refractivity contribution in [1.82, 2.24) is 18.9 Å². The SMILES string of the molecule is C=C/C(OC)=C(\C=C(C)C)[C@H](Cn1c(=O)n(C(C)(C)C(N)=O)c(=O)c2c(C)c(-n3cccn3)sc21)OC1CCOCC1. The molecular formula is C30H39N5O6S. The molecule has 0 unspecified atom stereocenters. The van der Waals surface area contributed by atoms with Gasteiger partial charge in [-0.25, -0.2) is 14.0 Å². The van der Waals surface area contributed by atoms with Crippen molar-refractivity contribution in [3.8, 4) is 5.00 Å². The van der Waals surface area contributed by atoms with Gasteiger partial charge in [-0.3, -0.25) is 14.2 Å². The maximum Gasteiger partial charge on any atom is 0.333 e. The fourth-order valence-corrected chi connectivity index (χ4v) is 6.33. The Morgan fingerprint density at radius 1 is 1.31 bits per heavy atom. The van der Waals surface area contributed by atoms with Crippen molar-refractivity contribution >= 4 is 27.5 Å². The Morgan fingerprint density at radius 2 is 2.00 bits per heavy atom. The number of carbonyl (C=O) groups excluding carboxylic acids is 1. The predicted octanol–water partition coefficient (Wildman–Crippen LogP) is 3.56. The lowest BCUT2D eigenvalue weighted by atomic mass is 10.0. The standard InChI is InChI=1S/C30H39N5O6S/c1-8-22(39-7)21(16-18(2)3)23(41-20-10-14-40-15-11-20)17-33-27-24(19(4)26(42-27)34-13-9-12-32-34)25(36)35(29(33)38)30(5,6)28(31)37/h8-9,12-13,16,20,23H,1,10-11,14-15,17H2,2-7H3,(H2,31,37)/b22-21-/t23-/m0/s1. The third-order valence-corrected chi connectivity index (χ3v) is 8.72. The number of primary amides is 1. The summed E-state index contributed by atoms with van der Waals surface area (Å²) in [5.41, 5.74) is 5.19. The molecule has 1 saturated heterocycles. The summed E-state index contributed by atoms with van der Waals surface area (Å²) in [6, 6.07) is 1.78. The van der Waals surface area contributed by atoms with E-state index in [4.69, 9.17) is 19.9 Å². The van der Waals surface area contributed by atoms with E-state index in [1.807, 2.05) is 19.9 Å². The summed E-state index contributed by atoms with van der Waals surface area (Å²) < 4.78 is 22.0. The first-order chi connectivity index (χ1) is 19.9. The van der Waals surface area contributed by atoms with Crippen LogP contribution in [0.5, 0.6) is 0 Å². The van der Waals surface area contributed by atoms with Gasteiger partial charge in [-0.2, -0.15) is 5.10 Å². The molecule has 0 saturated carbocycles. The van der Waals surface area contributed by atoms with E-state index in [0.717, 1.165) is 10.1 Å². The van der Waals surface area contributed by atoms with Gasteiger partial charge in [0, 0.05) is 36.7 Å². The minimum atomic E-state index is -1.60. The number of nitrogens with two attached hydrogens (primary N) is 1. The summed E-state index contributed by atoms with van der Waals surface area (Å²) in [6.07, 6.45) is 7.55. The number of allylic oxidation sites excluding steroid dienone is 2. The van der Waals surface area contributed by atoms with Gasteiger partial charge in [-0.15, -0.1) is 0 Å². The van der Waals surface area contributed by atoms with Gasteiger partial charge < -0.3 is 19.9 Å². The Bertz CT molecular complexity index is 1650. The molecule has 1 fully saturated rings. The summed E-state index contributed by atoms with van der Waals surface area (Å²) in [7, 11) is 1.56. The van der Waals surface area contributed by atoms with Crippen molar-refractivity contribution < 1.29 is 19.0 Å². The number of methoxy groups -OCH3 is 1. The molecule has 0 aromatic carbocycles. The molecule has 1 atom stereocenters. The highest BCUT2D eigenvalue weighted by Gasteiger charge is 2.35. The summed E-state index contributed by atoms with van der Waals surface area (Å²) in [6.45, 7) is 13.7. The molecule has 1 aliphatic heterocycles. The number of hydrogen-bond acceptors (Lipinski definition) is 8. The van der Waals surface area contributed by atoms with Crippen LogP contribution in [0, 0.1) is 6.92 Å². The summed E-state index contributed by atoms with van der Waals surface area (Å²) in [5.74, 6) is -0.302. The number of fused-ring (bicyclic) bond motifs is 1. The van der Waals surface area contributed by atoms with Crippen LogP contribution >= 0.6 is 11.3 Å². The van der Waals surface area contributed by atoms with Crippen LogP contribution in [0.3, 0.4) is 0 Å². The summed E-state index contributed by atoms with van der Waals surface area (Å²) in [4.78, 5) is 41.2. The van der Waals surface area contributed by atoms with E-state index >= 15 is 0 Å². The third kappa shape index (κ3) is 5.92. The van der Waals surface area contributed by atoms with Crippen LogP contribution in [0.25, 0.3) is 15.2 Å². The quantitative estimate of drug-likeness (QED) is 0.264.